The van der Waals surface area contributed by atoms with E-state index in [9.17, 15) is 22.9 Å². The molecule has 202 valence electrons. The number of para-hydroxylation sites is 1. The van der Waals surface area contributed by atoms with Gasteiger partial charge in [-0.2, -0.15) is 8.42 Å². The van der Waals surface area contributed by atoms with Crippen LogP contribution in [0.5, 0.6) is 0 Å². The van der Waals surface area contributed by atoms with Crippen LogP contribution in [0.2, 0.25) is 0 Å². The molecule has 0 amide bonds. The van der Waals surface area contributed by atoms with E-state index in [1.54, 1.807) is 36.4 Å². The van der Waals surface area contributed by atoms with Gasteiger partial charge >= 0.3 is 5.97 Å². The van der Waals surface area contributed by atoms with E-state index < -0.39 is 16.1 Å². The molecular weight excluding hydrogens is 540 g/mol. The first-order valence-electron chi connectivity index (χ1n) is 12.5. The zero-order valence-corrected chi connectivity index (χ0v) is 22.2. The van der Waals surface area contributed by atoms with Gasteiger partial charge in [0.2, 0.25) is 0 Å². The smallest absolute Gasteiger partial charge is 0.336 e. The Morgan fingerprint density at radius 3 is 2.22 bits per heavy atom. The number of carbonyl (C=O) groups is 1. The first-order valence-corrected chi connectivity index (χ1v) is 14.0. The first kappa shape index (κ1) is 26.0. The van der Waals surface area contributed by atoms with Gasteiger partial charge in [0.1, 0.15) is 11.3 Å². The molecule has 0 saturated heterocycles. The normalized spacial score (nSPS) is 12.1. The second-order valence-electron chi connectivity index (χ2n) is 9.29. The van der Waals surface area contributed by atoms with Crippen molar-refractivity contribution < 1.29 is 27.3 Å². The van der Waals surface area contributed by atoms with Crippen LogP contribution in [-0.2, 0) is 10.1 Å². The van der Waals surface area contributed by atoms with E-state index in [0.717, 1.165) is 22.3 Å². The lowest BCUT2D eigenvalue weighted by Gasteiger charge is -2.17. The maximum atomic E-state index is 12.2. The number of hydrogen-bond acceptors (Lipinski definition) is 6. The maximum absolute atomic E-state index is 12.2. The molecule has 0 fully saturated rings. The van der Waals surface area contributed by atoms with Crippen molar-refractivity contribution in [3.05, 3.63) is 126 Å². The Kier molecular flexibility index (Phi) is 6.58. The molecule has 0 saturated carbocycles. The summed E-state index contributed by atoms with van der Waals surface area (Å²) in [6.07, 6.45) is 0. The molecule has 2 aliphatic rings. The Hall–Kier alpha value is -5.25. The fourth-order valence-electron chi connectivity index (χ4n) is 4.73. The van der Waals surface area contributed by atoms with Gasteiger partial charge in [-0.15, -0.1) is 0 Å². The van der Waals surface area contributed by atoms with Gasteiger partial charge in [-0.1, -0.05) is 36.4 Å². The molecule has 0 radical (unpaired) electrons. The van der Waals surface area contributed by atoms with Gasteiger partial charge in [0.25, 0.3) is 10.1 Å². The summed E-state index contributed by atoms with van der Waals surface area (Å²) >= 11 is 0. The molecule has 1 heterocycles. The van der Waals surface area contributed by atoms with Crippen LogP contribution in [0.1, 0.15) is 10.4 Å². The molecule has 0 bridgehead atoms. The Bertz CT molecular complexity index is 2070. The van der Waals surface area contributed by atoms with Crippen molar-refractivity contribution >= 4 is 44.1 Å². The van der Waals surface area contributed by atoms with Gasteiger partial charge in [-0.05, 0) is 72.3 Å². The topological polar surface area (TPSA) is 129 Å². The second kappa shape index (κ2) is 10.4. The van der Waals surface area contributed by atoms with Crippen molar-refractivity contribution in [1.29, 1.82) is 0 Å². The lowest BCUT2D eigenvalue weighted by molar-refractivity contribution is 0.0697. The van der Waals surface area contributed by atoms with E-state index in [0.29, 0.717) is 33.5 Å². The molecule has 1 aliphatic carbocycles. The number of fused-ring (bicyclic) bond motifs is 2. The van der Waals surface area contributed by atoms with Gasteiger partial charge in [-0.25, -0.2) is 9.79 Å². The van der Waals surface area contributed by atoms with Crippen LogP contribution in [0.3, 0.4) is 0 Å². The van der Waals surface area contributed by atoms with Crippen LogP contribution in [0.4, 0.5) is 17.1 Å². The zero-order valence-electron chi connectivity index (χ0n) is 21.4. The highest BCUT2D eigenvalue weighted by molar-refractivity contribution is 7.85. The molecule has 4 aromatic rings. The van der Waals surface area contributed by atoms with Crippen molar-refractivity contribution in [2.24, 2.45) is 4.99 Å². The first-order chi connectivity index (χ1) is 19.8. The average molecular weight is 563 g/mol. The van der Waals surface area contributed by atoms with E-state index in [-0.39, 0.29) is 10.5 Å². The predicted octanol–water partition coefficient (Wildman–Crippen LogP) is 7.13. The number of hydrogen-bond donors (Lipinski definition) is 3. The highest BCUT2D eigenvalue weighted by Crippen LogP contribution is 2.42. The van der Waals surface area contributed by atoms with E-state index >= 15 is 0 Å². The molecule has 3 N–H and O–H groups in total. The summed E-state index contributed by atoms with van der Waals surface area (Å²) in [5.41, 5.74) is 4.87. The number of rotatable bonds is 6. The van der Waals surface area contributed by atoms with E-state index in [4.69, 9.17) is 4.42 Å². The second-order valence-corrected chi connectivity index (χ2v) is 10.7. The Morgan fingerprint density at radius 1 is 0.756 bits per heavy atom. The lowest BCUT2D eigenvalue weighted by Crippen LogP contribution is -2.04. The van der Waals surface area contributed by atoms with E-state index in [1.807, 2.05) is 54.6 Å². The number of aromatic carboxylic acids is 1. The summed E-state index contributed by atoms with van der Waals surface area (Å²) in [6, 6.07) is 33.1. The number of carboxylic acid groups (broad SMARTS) is 1. The number of benzene rings is 5. The summed E-state index contributed by atoms with van der Waals surface area (Å²) < 4.78 is 38.3. The fourth-order valence-corrected chi connectivity index (χ4v) is 5.21. The Labute approximate surface area is 235 Å². The summed E-state index contributed by atoms with van der Waals surface area (Å²) in [5, 5.41) is 14.6. The standard InChI is InChI=1S/C32H22N2O6S/c35-32(36)26-9-5-4-8-25(26)31-27-16-12-22(33-20-6-2-1-3-7-20)18-29(27)40-30-19-23(13-17-28(30)31)34-21-10-14-24(15-11-21)41(37,38)39/h1-19,33H,(H,35,36)(H,37,38,39). The third kappa shape index (κ3) is 5.31. The molecule has 0 aromatic heterocycles. The molecule has 8 nitrogen and oxygen atoms in total. The molecular formula is C32H22N2O6S. The zero-order chi connectivity index (χ0) is 28.6. The minimum Gasteiger partial charge on any atom is -0.478 e. The largest absolute Gasteiger partial charge is 0.478 e. The van der Waals surface area contributed by atoms with Crippen LogP contribution in [0.15, 0.2) is 130 Å². The number of nitrogens with one attached hydrogen (secondary N) is 1. The van der Waals surface area contributed by atoms with Crippen molar-refractivity contribution in [1.82, 2.24) is 0 Å². The van der Waals surface area contributed by atoms with Gasteiger partial charge in [0.05, 0.1) is 21.5 Å². The van der Waals surface area contributed by atoms with Crippen LogP contribution < -0.4 is 10.7 Å². The van der Waals surface area contributed by atoms with Crippen molar-refractivity contribution in [3.8, 4) is 22.5 Å². The highest BCUT2D eigenvalue weighted by Gasteiger charge is 2.21. The Morgan fingerprint density at radius 2 is 1.49 bits per heavy atom. The van der Waals surface area contributed by atoms with Crippen molar-refractivity contribution in [3.63, 3.8) is 0 Å². The SMILES string of the molecule is O=C(O)c1ccccc1-c1c2ccc(=Nc3ccc(S(=O)(=O)O)cc3)cc-2oc2cc(Nc3ccccc3)ccc12. The number of carboxylic acids is 1. The molecule has 9 heteroatoms. The third-order valence-corrected chi connectivity index (χ3v) is 7.46. The molecule has 0 atom stereocenters. The van der Waals surface area contributed by atoms with Crippen molar-refractivity contribution in [2.75, 3.05) is 5.32 Å². The minimum atomic E-state index is -4.31. The molecule has 6 rings (SSSR count). The van der Waals surface area contributed by atoms with E-state index in [1.165, 1.54) is 24.3 Å². The quantitative estimate of drug-likeness (QED) is 0.145. The average Bonchev–Trinajstić information content (AvgIpc) is 2.96. The predicted molar refractivity (Wildman–Crippen MR) is 156 cm³/mol. The number of anilines is 2. The molecule has 0 unspecified atom stereocenters. The highest BCUT2D eigenvalue weighted by atomic mass is 32.2. The van der Waals surface area contributed by atoms with Crippen LogP contribution >= 0.6 is 0 Å². The summed E-state index contributed by atoms with van der Waals surface area (Å²) in [7, 11) is -4.31. The van der Waals surface area contributed by atoms with Gasteiger partial charge in [0, 0.05) is 40.0 Å². The van der Waals surface area contributed by atoms with Gasteiger partial charge in [-0.3, -0.25) is 4.55 Å². The van der Waals surface area contributed by atoms with Gasteiger partial charge < -0.3 is 14.8 Å². The molecule has 4 aromatic carbocycles. The molecule has 41 heavy (non-hydrogen) atoms. The minimum absolute atomic E-state index is 0.167. The van der Waals surface area contributed by atoms with Crippen molar-refractivity contribution in [2.45, 2.75) is 4.90 Å². The third-order valence-electron chi connectivity index (χ3n) is 6.59. The monoisotopic (exact) mass is 562 g/mol. The van der Waals surface area contributed by atoms with Crippen LogP contribution in [-0.4, -0.2) is 24.0 Å². The molecule has 1 aliphatic heterocycles. The molecule has 0 spiro atoms. The fraction of sp³-hybridized carbons (Fsp3) is 0. The summed E-state index contributed by atoms with van der Waals surface area (Å²) in [5.74, 6) is -0.551. The van der Waals surface area contributed by atoms with Crippen LogP contribution in [0.25, 0.3) is 33.4 Å². The summed E-state index contributed by atoms with van der Waals surface area (Å²) in [4.78, 5) is 16.5. The number of nitrogens with zero attached hydrogens (tertiary/aromatic N) is 1. The van der Waals surface area contributed by atoms with E-state index in [2.05, 4.69) is 10.3 Å². The van der Waals surface area contributed by atoms with Gasteiger partial charge in [0.15, 0.2) is 0 Å². The lowest BCUT2D eigenvalue weighted by atomic mass is 9.90. The summed E-state index contributed by atoms with van der Waals surface area (Å²) in [6.45, 7) is 0. The Balaban J connectivity index is 1.56. The van der Waals surface area contributed by atoms with Crippen LogP contribution in [0, 0.1) is 0 Å². The maximum Gasteiger partial charge on any atom is 0.336 e.